The van der Waals surface area contributed by atoms with Crippen molar-refractivity contribution in [3.05, 3.63) is 77.9 Å². The summed E-state index contributed by atoms with van der Waals surface area (Å²) < 4.78 is 5.82. The molecule has 0 fully saturated rings. The molecule has 5 heteroatoms. The van der Waals surface area contributed by atoms with E-state index in [1.54, 1.807) is 55.5 Å². The number of fused-ring (bicyclic) bond motifs is 1. The molecule has 0 bridgehead atoms. The molecule has 3 rings (SSSR count). The van der Waals surface area contributed by atoms with Crippen LogP contribution >= 0.6 is 0 Å². The van der Waals surface area contributed by atoms with Crippen molar-refractivity contribution in [1.82, 2.24) is 0 Å². The maximum atomic E-state index is 12.6. The maximum absolute atomic E-state index is 12.6. The molecule has 2 aromatic carbocycles. The van der Waals surface area contributed by atoms with Gasteiger partial charge in [-0.1, -0.05) is 35.9 Å². The van der Waals surface area contributed by atoms with Crippen molar-refractivity contribution in [2.75, 3.05) is 11.1 Å². The molecule has 0 aromatic heterocycles. The van der Waals surface area contributed by atoms with Gasteiger partial charge in [-0.05, 0) is 44.2 Å². The summed E-state index contributed by atoms with van der Waals surface area (Å²) in [6.45, 7) is 3.53. The monoisotopic (exact) mass is 348 g/mol. The van der Waals surface area contributed by atoms with E-state index in [9.17, 15) is 9.59 Å². The van der Waals surface area contributed by atoms with E-state index in [-0.39, 0.29) is 11.7 Å². The van der Waals surface area contributed by atoms with Crippen LogP contribution in [0.5, 0.6) is 5.75 Å². The zero-order chi connectivity index (χ0) is 18.7. The van der Waals surface area contributed by atoms with Gasteiger partial charge in [-0.3, -0.25) is 9.59 Å². The Labute approximate surface area is 152 Å². The summed E-state index contributed by atoms with van der Waals surface area (Å²) in [7, 11) is 0. The number of rotatable bonds is 4. The van der Waals surface area contributed by atoms with E-state index in [2.05, 4.69) is 5.32 Å². The van der Waals surface area contributed by atoms with Crippen LogP contribution in [-0.4, -0.2) is 17.3 Å². The van der Waals surface area contributed by atoms with Crippen LogP contribution in [-0.2, 0) is 4.79 Å². The summed E-state index contributed by atoms with van der Waals surface area (Å²) in [4.78, 5) is 24.6. The molecule has 0 spiro atoms. The van der Waals surface area contributed by atoms with Gasteiger partial charge in [0.05, 0.1) is 16.9 Å². The minimum atomic E-state index is -1.07. The minimum absolute atomic E-state index is 0.0950. The fraction of sp³-hybridized carbons (Fsp3) is 0.143. The highest BCUT2D eigenvalue weighted by Gasteiger charge is 2.41. The van der Waals surface area contributed by atoms with Crippen LogP contribution in [0.1, 0.15) is 24.2 Å². The number of carbonyl (C=O) groups is 2. The molecule has 1 amide bonds. The Kier molecular flexibility index (Phi) is 4.63. The Balaban J connectivity index is 1.71. The normalized spacial score (nSPS) is 19.3. The van der Waals surface area contributed by atoms with E-state index in [4.69, 9.17) is 10.5 Å². The number of ether oxygens (including phenoxy) is 1. The van der Waals surface area contributed by atoms with E-state index < -0.39 is 5.60 Å². The number of nitrogen functional groups attached to an aromatic ring is 1. The number of benzene rings is 2. The van der Waals surface area contributed by atoms with Crippen LogP contribution in [0, 0.1) is 0 Å². The van der Waals surface area contributed by atoms with Crippen molar-refractivity contribution in [3.8, 4) is 5.75 Å². The zero-order valence-electron chi connectivity index (χ0n) is 14.7. The number of carbonyl (C=O) groups excluding carboxylic acids is 2. The first-order chi connectivity index (χ1) is 12.4. The molecule has 132 valence electrons. The summed E-state index contributed by atoms with van der Waals surface area (Å²) in [5.74, 6) is 0.176. The Bertz CT molecular complexity index is 930. The quantitative estimate of drug-likeness (QED) is 0.501. The number of nitrogens with one attached hydrogen (secondary N) is 1. The number of hydrogen-bond acceptors (Lipinski definition) is 4. The lowest BCUT2D eigenvalue weighted by Crippen LogP contribution is -2.34. The van der Waals surface area contributed by atoms with Gasteiger partial charge >= 0.3 is 0 Å². The van der Waals surface area contributed by atoms with E-state index in [1.807, 2.05) is 19.1 Å². The number of amides is 1. The molecule has 1 heterocycles. The predicted octanol–water partition coefficient (Wildman–Crippen LogP) is 3.74. The van der Waals surface area contributed by atoms with Gasteiger partial charge in [0.15, 0.2) is 5.60 Å². The van der Waals surface area contributed by atoms with Gasteiger partial charge < -0.3 is 15.8 Å². The lowest BCUT2D eigenvalue weighted by atomic mass is 9.95. The molecule has 1 unspecified atom stereocenters. The summed E-state index contributed by atoms with van der Waals surface area (Å²) in [6.07, 6.45) is 4.75. The van der Waals surface area contributed by atoms with Gasteiger partial charge in [0.1, 0.15) is 5.75 Å². The van der Waals surface area contributed by atoms with Crippen LogP contribution < -0.4 is 15.8 Å². The maximum Gasteiger partial charge on any atom is 0.248 e. The lowest BCUT2D eigenvalue weighted by Gasteiger charge is -2.18. The van der Waals surface area contributed by atoms with Gasteiger partial charge in [0, 0.05) is 6.08 Å². The summed E-state index contributed by atoms with van der Waals surface area (Å²) >= 11 is 0. The van der Waals surface area contributed by atoms with Crippen molar-refractivity contribution in [1.29, 1.82) is 0 Å². The average molecular weight is 348 g/mol. The Morgan fingerprint density at radius 1 is 1.12 bits per heavy atom. The number of ketones is 1. The van der Waals surface area contributed by atoms with Crippen molar-refractivity contribution in [2.45, 2.75) is 19.4 Å². The molecule has 2 aromatic rings. The highest BCUT2D eigenvalue weighted by atomic mass is 16.5. The summed E-state index contributed by atoms with van der Waals surface area (Å²) in [6, 6.07) is 14.2. The number of para-hydroxylation sites is 3. The van der Waals surface area contributed by atoms with Crippen LogP contribution in [0.2, 0.25) is 0 Å². The third kappa shape index (κ3) is 3.52. The predicted molar refractivity (Wildman–Crippen MR) is 102 cm³/mol. The second-order valence-corrected chi connectivity index (χ2v) is 6.33. The van der Waals surface area contributed by atoms with E-state index in [0.717, 1.165) is 5.57 Å². The fourth-order valence-corrected chi connectivity index (χ4v) is 2.86. The number of hydrogen-bond donors (Lipinski definition) is 2. The second kappa shape index (κ2) is 6.88. The topological polar surface area (TPSA) is 81.4 Å². The number of nitrogens with two attached hydrogens (primary N) is 1. The first-order valence-corrected chi connectivity index (χ1v) is 8.25. The molecule has 0 saturated heterocycles. The molecule has 0 aliphatic carbocycles. The van der Waals surface area contributed by atoms with Crippen molar-refractivity contribution in [3.63, 3.8) is 0 Å². The van der Waals surface area contributed by atoms with Gasteiger partial charge in [-0.25, -0.2) is 0 Å². The SMILES string of the molecule is CC(/C=C/C(=O)Nc1ccccc1N)=C\C1(C)Oc2ccccc2C1=O. The highest BCUT2D eigenvalue weighted by molar-refractivity contribution is 6.08. The molecule has 1 aliphatic rings. The molecule has 3 N–H and O–H groups in total. The van der Waals surface area contributed by atoms with E-state index >= 15 is 0 Å². The second-order valence-electron chi connectivity index (χ2n) is 6.33. The first kappa shape index (κ1) is 17.5. The smallest absolute Gasteiger partial charge is 0.248 e. The standard InChI is InChI=1S/C21H20N2O3/c1-14(11-12-19(24)23-17-9-5-4-8-16(17)22)13-21(2)20(25)15-7-3-6-10-18(15)26-21/h3-13H,22H2,1-2H3,(H,23,24)/b12-11+,14-13+. The van der Waals surface area contributed by atoms with Crippen molar-refractivity contribution < 1.29 is 14.3 Å². The molecule has 0 saturated carbocycles. The van der Waals surface area contributed by atoms with Crippen molar-refractivity contribution in [2.24, 2.45) is 0 Å². The van der Waals surface area contributed by atoms with Crippen LogP contribution in [0.4, 0.5) is 11.4 Å². The third-order valence-corrected chi connectivity index (χ3v) is 4.12. The molecular formula is C21H20N2O3. The van der Waals surface area contributed by atoms with Crippen molar-refractivity contribution >= 4 is 23.1 Å². The van der Waals surface area contributed by atoms with Crippen LogP contribution in [0.15, 0.2) is 72.3 Å². The Hall–Kier alpha value is -3.34. The largest absolute Gasteiger partial charge is 0.474 e. The molecule has 5 nitrogen and oxygen atoms in total. The summed E-state index contributed by atoms with van der Waals surface area (Å²) in [5.41, 5.74) is 7.10. The molecule has 0 radical (unpaired) electrons. The average Bonchev–Trinajstić information content (AvgIpc) is 2.86. The highest BCUT2D eigenvalue weighted by Crippen LogP contribution is 2.36. The van der Waals surface area contributed by atoms with Gasteiger partial charge in [-0.15, -0.1) is 0 Å². The lowest BCUT2D eigenvalue weighted by molar-refractivity contribution is -0.111. The molecule has 1 atom stereocenters. The van der Waals surface area contributed by atoms with E-state index in [0.29, 0.717) is 22.7 Å². The minimum Gasteiger partial charge on any atom is -0.474 e. The number of allylic oxidation sites excluding steroid dienone is 2. The fourth-order valence-electron chi connectivity index (χ4n) is 2.86. The van der Waals surface area contributed by atoms with Crippen LogP contribution in [0.3, 0.4) is 0 Å². The number of anilines is 2. The van der Waals surface area contributed by atoms with Gasteiger partial charge in [0.25, 0.3) is 0 Å². The third-order valence-electron chi connectivity index (χ3n) is 4.12. The zero-order valence-corrected chi connectivity index (χ0v) is 14.7. The Morgan fingerprint density at radius 2 is 1.81 bits per heavy atom. The Morgan fingerprint density at radius 3 is 2.54 bits per heavy atom. The van der Waals surface area contributed by atoms with Gasteiger partial charge in [-0.2, -0.15) is 0 Å². The number of Topliss-reactive ketones (excluding diaryl/α,β-unsaturated/α-hetero) is 1. The van der Waals surface area contributed by atoms with E-state index in [1.165, 1.54) is 6.08 Å². The molecule has 1 aliphatic heterocycles. The van der Waals surface area contributed by atoms with Gasteiger partial charge in [0.2, 0.25) is 11.7 Å². The molecule has 26 heavy (non-hydrogen) atoms. The summed E-state index contributed by atoms with van der Waals surface area (Å²) in [5, 5.41) is 2.72. The molecular weight excluding hydrogens is 328 g/mol. The first-order valence-electron chi connectivity index (χ1n) is 8.25. The van der Waals surface area contributed by atoms with Crippen LogP contribution in [0.25, 0.3) is 0 Å².